The summed E-state index contributed by atoms with van der Waals surface area (Å²) in [5, 5.41) is 0. The molecule has 0 radical (unpaired) electrons. The second-order valence-corrected chi connectivity index (χ2v) is 19.1. The highest BCUT2D eigenvalue weighted by atomic mass is 16.6. The van der Waals surface area contributed by atoms with Gasteiger partial charge in [0.1, 0.15) is 23.0 Å². The van der Waals surface area contributed by atoms with Gasteiger partial charge in [-0.1, -0.05) is 147 Å². The lowest BCUT2D eigenvalue weighted by Gasteiger charge is -2.26. The fourth-order valence-electron chi connectivity index (χ4n) is 9.21. The maximum Gasteiger partial charge on any atom is 0.343 e. The van der Waals surface area contributed by atoms with Crippen molar-refractivity contribution in [2.24, 2.45) is 0 Å². The Hall–Kier alpha value is -8.36. The van der Waals surface area contributed by atoms with Crippen LogP contribution in [0, 0.1) is 27.7 Å². The van der Waals surface area contributed by atoms with Gasteiger partial charge in [0.15, 0.2) is 0 Å². The van der Waals surface area contributed by atoms with Crippen molar-refractivity contribution >= 4 is 23.9 Å². The van der Waals surface area contributed by atoms with Crippen molar-refractivity contribution in [3.05, 3.63) is 259 Å². The number of fused-ring (bicyclic) bond motifs is 8. The van der Waals surface area contributed by atoms with Gasteiger partial charge in [0.2, 0.25) is 0 Å². The Morgan fingerprint density at radius 2 is 0.500 bits per heavy atom. The summed E-state index contributed by atoms with van der Waals surface area (Å²) < 4.78 is 25.4. The van der Waals surface area contributed by atoms with E-state index in [0.29, 0.717) is 44.5 Å². The SMILES string of the molecule is Cc1ccc(C(=O)Oc2cc(OC(=O)c3ccc(C)cc3)c3cc2C(C)c2cccc(c2)C(C)c2cc(c(OC(=O)c4ccc(C)cc4)cc2OC(=O)c2ccc(C)cc2)C(C)c2cccc(c2)C3C)cc1. The zero-order chi connectivity index (χ0) is 50.8. The van der Waals surface area contributed by atoms with E-state index in [2.05, 4.69) is 39.8 Å². The molecule has 8 heteroatoms. The highest BCUT2D eigenvalue weighted by Gasteiger charge is 2.30. The number of carbonyl (C=O) groups excluding carboxylic acids is 4. The first-order chi connectivity index (χ1) is 34.6. The average molecular weight is 953 g/mol. The van der Waals surface area contributed by atoms with Crippen LogP contribution in [0.25, 0.3) is 0 Å². The Kier molecular flexibility index (Phi) is 13.9. The predicted molar refractivity (Wildman–Crippen MR) is 280 cm³/mol. The van der Waals surface area contributed by atoms with E-state index in [4.69, 9.17) is 18.9 Å². The Labute approximate surface area is 421 Å². The lowest BCUT2D eigenvalue weighted by Crippen LogP contribution is -2.16. The molecule has 72 heavy (non-hydrogen) atoms. The molecule has 1 aliphatic rings. The molecule has 8 bridgehead atoms. The molecule has 8 aromatic carbocycles. The zero-order valence-corrected chi connectivity index (χ0v) is 41.7. The number of rotatable bonds is 8. The molecule has 0 aliphatic heterocycles. The molecule has 0 N–H and O–H groups in total. The lowest BCUT2D eigenvalue weighted by atomic mass is 9.81. The normalized spacial score (nSPS) is 16.0. The van der Waals surface area contributed by atoms with Crippen LogP contribution in [-0.4, -0.2) is 23.9 Å². The highest BCUT2D eigenvalue weighted by molar-refractivity contribution is 5.94. The summed E-state index contributed by atoms with van der Waals surface area (Å²) in [6.45, 7) is 16.1. The van der Waals surface area contributed by atoms with Gasteiger partial charge < -0.3 is 18.9 Å². The maximum absolute atomic E-state index is 14.0. The Morgan fingerprint density at radius 1 is 0.292 bits per heavy atom. The van der Waals surface area contributed by atoms with E-state index in [1.807, 2.05) is 125 Å². The second-order valence-electron chi connectivity index (χ2n) is 19.1. The molecule has 9 rings (SSSR count). The number of esters is 4. The van der Waals surface area contributed by atoms with E-state index in [1.165, 1.54) is 0 Å². The highest BCUT2D eigenvalue weighted by Crippen LogP contribution is 2.46. The van der Waals surface area contributed by atoms with Crippen LogP contribution in [0.15, 0.2) is 170 Å². The molecule has 0 heterocycles. The first kappa shape index (κ1) is 48.7. The minimum atomic E-state index is -0.553. The van der Waals surface area contributed by atoms with Crippen molar-refractivity contribution in [3.63, 3.8) is 0 Å². The largest absolute Gasteiger partial charge is 0.422 e. The third-order valence-electron chi connectivity index (χ3n) is 13.9. The van der Waals surface area contributed by atoms with Crippen LogP contribution >= 0.6 is 0 Å². The number of hydrogen-bond acceptors (Lipinski definition) is 8. The quantitative estimate of drug-likeness (QED) is 0.110. The molecule has 0 saturated carbocycles. The van der Waals surface area contributed by atoms with Gasteiger partial charge in [-0.15, -0.1) is 0 Å². The van der Waals surface area contributed by atoms with E-state index >= 15 is 0 Å². The molecule has 8 nitrogen and oxygen atoms in total. The van der Waals surface area contributed by atoms with Crippen LogP contribution in [0.1, 0.15) is 160 Å². The van der Waals surface area contributed by atoms with Gasteiger partial charge in [0.25, 0.3) is 0 Å². The Morgan fingerprint density at radius 3 is 0.708 bits per heavy atom. The first-order valence-electron chi connectivity index (χ1n) is 24.3. The molecule has 4 unspecified atom stereocenters. The van der Waals surface area contributed by atoms with Crippen LogP contribution in [0.3, 0.4) is 0 Å². The minimum Gasteiger partial charge on any atom is -0.422 e. The minimum absolute atomic E-state index is 0.253. The Bertz CT molecular complexity index is 2920. The number of benzene rings is 8. The predicted octanol–water partition coefficient (Wildman–Crippen LogP) is 14.7. The third-order valence-corrected chi connectivity index (χ3v) is 13.9. The second kappa shape index (κ2) is 20.5. The van der Waals surface area contributed by atoms with Crippen molar-refractivity contribution < 1.29 is 38.1 Å². The molecule has 0 amide bonds. The van der Waals surface area contributed by atoms with E-state index < -0.39 is 23.9 Å². The molecule has 0 fully saturated rings. The van der Waals surface area contributed by atoms with Crippen LogP contribution in [0.2, 0.25) is 0 Å². The van der Waals surface area contributed by atoms with Crippen molar-refractivity contribution in [2.75, 3.05) is 0 Å². The number of hydrogen-bond donors (Lipinski definition) is 0. The summed E-state index contributed by atoms with van der Waals surface area (Å²) in [6, 6.07) is 52.4. The molecule has 360 valence electrons. The molecule has 4 atom stereocenters. The smallest absolute Gasteiger partial charge is 0.343 e. The van der Waals surface area contributed by atoms with Gasteiger partial charge in [-0.05, 0) is 111 Å². The first-order valence-corrected chi connectivity index (χ1v) is 24.3. The monoisotopic (exact) mass is 952 g/mol. The summed E-state index contributed by atoms with van der Waals surface area (Å²) in [5.41, 5.74) is 12.0. The molecule has 0 saturated heterocycles. The van der Waals surface area contributed by atoms with Crippen molar-refractivity contribution in [1.29, 1.82) is 0 Å². The van der Waals surface area contributed by atoms with Gasteiger partial charge in [0, 0.05) is 58.1 Å². The third kappa shape index (κ3) is 10.4. The number of ether oxygens (including phenoxy) is 4. The summed E-state index contributed by atoms with van der Waals surface area (Å²) >= 11 is 0. The zero-order valence-electron chi connectivity index (χ0n) is 41.7. The standard InChI is InChI=1S/C64H56O8/c1-37-15-23-45(24-16-37)61(65)69-57-35-58(70-62(66)46-25-17-38(2)18-26-46)54-33-53(57)41(5)49-11-9-12-50(31-49)43(7)55-34-56(44(8)52-14-10-13-51(32-52)42(54)6)60(72-64(68)48-29-21-40(4)22-30-48)36-59(55)71-63(67)47-27-19-39(3)20-28-47/h9-36,41-44H,1-8H3. The summed E-state index contributed by atoms with van der Waals surface area (Å²) in [7, 11) is 0. The van der Waals surface area contributed by atoms with Crippen molar-refractivity contribution in [3.8, 4) is 23.0 Å². The summed E-state index contributed by atoms with van der Waals surface area (Å²) in [4.78, 5) is 56.1. The van der Waals surface area contributed by atoms with Gasteiger partial charge >= 0.3 is 23.9 Å². The number of carbonyl (C=O) groups is 4. The topological polar surface area (TPSA) is 105 Å². The fraction of sp³-hybridized carbons (Fsp3) is 0.188. The van der Waals surface area contributed by atoms with Crippen LogP contribution in [0.4, 0.5) is 0 Å². The van der Waals surface area contributed by atoms with E-state index in [-0.39, 0.29) is 46.7 Å². The average Bonchev–Trinajstić information content (AvgIpc) is 3.38. The van der Waals surface area contributed by atoms with E-state index in [1.54, 1.807) is 60.7 Å². The summed E-state index contributed by atoms with van der Waals surface area (Å²) in [5.74, 6) is -2.63. The molecule has 1 aliphatic carbocycles. The maximum atomic E-state index is 14.0. The van der Waals surface area contributed by atoms with E-state index in [0.717, 1.165) is 44.5 Å². The summed E-state index contributed by atoms with van der Waals surface area (Å²) in [6.07, 6.45) is 0. The fourth-order valence-corrected chi connectivity index (χ4v) is 9.21. The molecule has 0 aromatic heterocycles. The van der Waals surface area contributed by atoms with Gasteiger partial charge in [-0.25, -0.2) is 19.2 Å². The molecule has 0 spiro atoms. The van der Waals surface area contributed by atoms with Crippen LogP contribution in [0.5, 0.6) is 23.0 Å². The Balaban J connectivity index is 1.24. The molecular weight excluding hydrogens is 897 g/mol. The van der Waals surface area contributed by atoms with E-state index in [9.17, 15) is 19.2 Å². The van der Waals surface area contributed by atoms with Gasteiger partial charge in [-0.3, -0.25) is 0 Å². The molecular formula is C64H56O8. The van der Waals surface area contributed by atoms with Gasteiger partial charge in [-0.2, -0.15) is 0 Å². The van der Waals surface area contributed by atoms with Crippen LogP contribution in [-0.2, 0) is 0 Å². The number of aryl methyl sites for hydroxylation is 4. The van der Waals surface area contributed by atoms with Crippen molar-refractivity contribution in [1.82, 2.24) is 0 Å². The van der Waals surface area contributed by atoms with Gasteiger partial charge in [0.05, 0.1) is 22.3 Å². The van der Waals surface area contributed by atoms with Crippen LogP contribution < -0.4 is 18.9 Å². The molecule has 8 aromatic rings. The lowest BCUT2D eigenvalue weighted by molar-refractivity contribution is 0.0711. The van der Waals surface area contributed by atoms with Crippen molar-refractivity contribution in [2.45, 2.75) is 79.1 Å².